The average molecular weight is 409 g/mol. The molecule has 0 aromatic heterocycles. The summed E-state index contributed by atoms with van der Waals surface area (Å²) in [7, 11) is -3.22. The van der Waals surface area contributed by atoms with Gasteiger partial charge >= 0.3 is 0 Å². The van der Waals surface area contributed by atoms with Crippen molar-refractivity contribution in [1.29, 1.82) is 0 Å². The van der Waals surface area contributed by atoms with Crippen LogP contribution in [0.3, 0.4) is 0 Å². The van der Waals surface area contributed by atoms with Gasteiger partial charge in [0, 0.05) is 12.3 Å². The van der Waals surface area contributed by atoms with Crippen molar-refractivity contribution in [3.05, 3.63) is 88.6 Å². The summed E-state index contributed by atoms with van der Waals surface area (Å²) in [5.41, 5.74) is 4.70. The van der Waals surface area contributed by atoms with E-state index < -0.39 is 9.84 Å². The second kappa shape index (κ2) is 6.94. The highest BCUT2D eigenvalue weighted by atomic mass is 32.2. The first-order valence-electron chi connectivity index (χ1n) is 9.33. The molecule has 0 N–H and O–H groups in total. The van der Waals surface area contributed by atoms with Gasteiger partial charge in [0.2, 0.25) is 0 Å². The standard InChI is InChI=1S/C22H20N2O2S2/c25-28(26)14-18(13-16-7-3-1-4-8-16)20-19(15-28)21(17-9-5-2-6-10-17)24-11-12-27-22(24)23-20/h1-10,13,21H,11-12,14-15H2. The molecule has 0 aliphatic carbocycles. The number of hydrogen-bond donors (Lipinski definition) is 0. The molecule has 0 bridgehead atoms. The van der Waals surface area contributed by atoms with Gasteiger partial charge in [-0.15, -0.1) is 0 Å². The second-order valence-electron chi connectivity index (χ2n) is 7.24. The molecule has 6 heteroatoms. The molecule has 1 unspecified atom stereocenters. The zero-order valence-corrected chi connectivity index (χ0v) is 16.9. The molecule has 5 rings (SSSR count). The molecule has 3 heterocycles. The van der Waals surface area contributed by atoms with E-state index in [1.54, 1.807) is 11.8 Å². The lowest BCUT2D eigenvalue weighted by molar-refractivity contribution is 0.377. The molecule has 3 aliphatic heterocycles. The van der Waals surface area contributed by atoms with E-state index in [0.29, 0.717) is 0 Å². The first-order chi connectivity index (χ1) is 13.6. The highest BCUT2D eigenvalue weighted by molar-refractivity contribution is 8.14. The minimum absolute atomic E-state index is 0.0453. The largest absolute Gasteiger partial charge is 0.339 e. The topological polar surface area (TPSA) is 49.7 Å². The number of thioether (sulfide) groups is 1. The van der Waals surface area contributed by atoms with Crippen LogP contribution < -0.4 is 0 Å². The lowest BCUT2D eigenvalue weighted by Crippen LogP contribution is -2.38. The Balaban J connectivity index is 1.71. The minimum atomic E-state index is -3.22. The molecule has 0 spiro atoms. The molecule has 3 aliphatic rings. The smallest absolute Gasteiger partial charge is 0.165 e. The fraction of sp³-hybridized carbons (Fsp3) is 0.227. The van der Waals surface area contributed by atoms with Crippen LogP contribution in [0, 0.1) is 0 Å². The van der Waals surface area contributed by atoms with Crippen molar-refractivity contribution >= 4 is 32.8 Å². The number of benzene rings is 2. The maximum atomic E-state index is 12.8. The summed E-state index contributed by atoms with van der Waals surface area (Å²) >= 11 is 1.75. The Morgan fingerprint density at radius 1 is 1.00 bits per heavy atom. The van der Waals surface area contributed by atoms with Gasteiger partial charge < -0.3 is 4.90 Å². The summed E-state index contributed by atoms with van der Waals surface area (Å²) in [6, 6.07) is 20.0. The molecule has 1 fully saturated rings. The molecule has 1 atom stereocenters. The van der Waals surface area contributed by atoms with Gasteiger partial charge in [0.25, 0.3) is 0 Å². The maximum absolute atomic E-state index is 12.8. The molecule has 2 aromatic rings. The van der Waals surface area contributed by atoms with Crippen LogP contribution in [0.1, 0.15) is 17.2 Å². The van der Waals surface area contributed by atoms with Crippen molar-refractivity contribution < 1.29 is 8.42 Å². The third kappa shape index (κ3) is 3.20. The minimum Gasteiger partial charge on any atom is -0.339 e. The molecular formula is C22H20N2O2S2. The van der Waals surface area contributed by atoms with E-state index in [2.05, 4.69) is 17.0 Å². The number of amidine groups is 1. The van der Waals surface area contributed by atoms with Crippen molar-refractivity contribution in [2.24, 2.45) is 4.99 Å². The van der Waals surface area contributed by atoms with E-state index >= 15 is 0 Å². The van der Waals surface area contributed by atoms with E-state index in [1.165, 1.54) is 0 Å². The summed E-state index contributed by atoms with van der Waals surface area (Å²) in [4.78, 5) is 7.20. The molecule has 0 saturated carbocycles. The molecular weight excluding hydrogens is 388 g/mol. The first kappa shape index (κ1) is 17.8. The van der Waals surface area contributed by atoms with Crippen molar-refractivity contribution in [3.63, 3.8) is 0 Å². The highest BCUT2D eigenvalue weighted by Gasteiger charge is 2.41. The number of rotatable bonds is 2. The zero-order valence-electron chi connectivity index (χ0n) is 15.3. The number of nitrogens with zero attached hydrogens (tertiary/aromatic N) is 2. The van der Waals surface area contributed by atoms with Gasteiger partial charge in [-0.25, -0.2) is 13.4 Å². The summed E-state index contributed by atoms with van der Waals surface area (Å²) in [6.45, 7) is 0.887. The number of hydrogen-bond acceptors (Lipinski definition) is 5. The van der Waals surface area contributed by atoms with Crippen molar-refractivity contribution in [2.75, 3.05) is 23.8 Å². The van der Waals surface area contributed by atoms with Gasteiger partial charge in [-0.2, -0.15) is 0 Å². The lowest BCUT2D eigenvalue weighted by atomic mass is 9.92. The van der Waals surface area contributed by atoms with Crippen LogP contribution in [-0.2, 0) is 9.84 Å². The Kier molecular flexibility index (Phi) is 4.40. The molecule has 28 heavy (non-hydrogen) atoms. The second-order valence-corrected chi connectivity index (χ2v) is 10.4. The number of sulfone groups is 1. The van der Waals surface area contributed by atoms with Crippen LogP contribution in [0.25, 0.3) is 6.08 Å². The summed E-state index contributed by atoms with van der Waals surface area (Å²) in [5, 5.41) is 1.01. The predicted molar refractivity (Wildman–Crippen MR) is 116 cm³/mol. The normalized spacial score (nSPS) is 24.7. The molecule has 4 nitrogen and oxygen atoms in total. The van der Waals surface area contributed by atoms with Crippen molar-refractivity contribution in [2.45, 2.75) is 6.04 Å². The summed E-state index contributed by atoms with van der Waals surface area (Å²) in [6.07, 6.45) is 1.98. The predicted octanol–water partition coefficient (Wildman–Crippen LogP) is 3.91. The van der Waals surface area contributed by atoms with E-state index in [-0.39, 0.29) is 17.5 Å². The number of aliphatic imine (C=N–C) groups is 1. The van der Waals surface area contributed by atoms with Crippen LogP contribution in [0.4, 0.5) is 0 Å². The Morgan fingerprint density at radius 3 is 2.46 bits per heavy atom. The van der Waals surface area contributed by atoms with E-state index in [9.17, 15) is 8.42 Å². The summed E-state index contributed by atoms with van der Waals surface area (Å²) in [5.74, 6) is 1.10. The average Bonchev–Trinajstić information content (AvgIpc) is 3.15. The number of fused-ring (bicyclic) bond motifs is 1. The monoisotopic (exact) mass is 408 g/mol. The Labute approximate surface area is 169 Å². The third-order valence-electron chi connectivity index (χ3n) is 5.27. The van der Waals surface area contributed by atoms with Gasteiger partial charge in [0.1, 0.15) is 0 Å². The molecule has 142 valence electrons. The fourth-order valence-electron chi connectivity index (χ4n) is 4.13. The first-order valence-corrected chi connectivity index (χ1v) is 12.1. The van der Waals surface area contributed by atoms with E-state index in [0.717, 1.165) is 45.4 Å². The molecule has 2 aromatic carbocycles. The van der Waals surface area contributed by atoms with Gasteiger partial charge in [-0.1, -0.05) is 72.4 Å². The van der Waals surface area contributed by atoms with Gasteiger partial charge in [0.05, 0.1) is 23.2 Å². The lowest BCUT2D eigenvalue weighted by Gasteiger charge is -2.38. The quantitative estimate of drug-likeness (QED) is 0.756. The van der Waals surface area contributed by atoms with Gasteiger partial charge in [-0.05, 0) is 28.3 Å². The molecule has 0 amide bonds. The number of allylic oxidation sites excluding steroid dienone is 1. The van der Waals surface area contributed by atoms with Crippen LogP contribution in [0.5, 0.6) is 0 Å². The van der Waals surface area contributed by atoms with Crippen molar-refractivity contribution in [1.82, 2.24) is 4.90 Å². The van der Waals surface area contributed by atoms with Gasteiger partial charge in [0.15, 0.2) is 15.0 Å². The summed E-state index contributed by atoms with van der Waals surface area (Å²) < 4.78 is 25.7. The molecule has 1 saturated heterocycles. The Morgan fingerprint density at radius 2 is 1.71 bits per heavy atom. The van der Waals surface area contributed by atoms with Gasteiger partial charge in [-0.3, -0.25) is 0 Å². The SMILES string of the molecule is O=S1(=O)CC(=Cc2ccccc2)C2=C(C1)C(c1ccccc1)N1CCSC1=N2. The van der Waals surface area contributed by atoms with Crippen LogP contribution in [0.2, 0.25) is 0 Å². The third-order valence-corrected chi connectivity index (χ3v) is 7.75. The van der Waals surface area contributed by atoms with Crippen LogP contribution >= 0.6 is 11.8 Å². The maximum Gasteiger partial charge on any atom is 0.165 e. The van der Waals surface area contributed by atoms with Crippen LogP contribution in [0.15, 0.2) is 82.5 Å². The molecule has 0 radical (unpaired) electrons. The fourth-order valence-corrected chi connectivity index (χ4v) is 6.68. The van der Waals surface area contributed by atoms with Crippen LogP contribution in [-0.4, -0.2) is 42.3 Å². The Hall–Kier alpha value is -2.31. The highest BCUT2D eigenvalue weighted by Crippen LogP contribution is 2.44. The Bertz CT molecular complexity index is 1100. The zero-order chi connectivity index (χ0) is 19.1. The van der Waals surface area contributed by atoms with E-state index in [1.807, 2.05) is 54.6 Å². The van der Waals surface area contributed by atoms with Crippen molar-refractivity contribution in [3.8, 4) is 0 Å². The van der Waals surface area contributed by atoms with E-state index in [4.69, 9.17) is 4.99 Å².